The maximum atomic E-state index is 12.7. The maximum Gasteiger partial charge on any atom is 0.253 e. The summed E-state index contributed by atoms with van der Waals surface area (Å²) in [6.45, 7) is 2.66. The molecule has 1 fully saturated rings. The van der Waals surface area contributed by atoms with Gasteiger partial charge in [-0.25, -0.2) is 0 Å². The summed E-state index contributed by atoms with van der Waals surface area (Å²) in [4.78, 5) is 16.6. The van der Waals surface area contributed by atoms with Gasteiger partial charge in [0.1, 0.15) is 6.10 Å². The Morgan fingerprint density at radius 3 is 2.95 bits per heavy atom. The zero-order chi connectivity index (χ0) is 14.8. The van der Waals surface area contributed by atoms with E-state index in [1.807, 2.05) is 25.2 Å². The molecule has 2 aliphatic rings. The van der Waals surface area contributed by atoms with E-state index < -0.39 is 6.10 Å². The van der Waals surface area contributed by atoms with Gasteiger partial charge in [0.2, 0.25) is 0 Å². The van der Waals surface area contributed by atoms with E-state index in [4.69, 9.17) is 4.74 Å². The highest BCUT2D eigenvalue weighted by atomic mass is 16.5. The van der Waals surface area contributed by atoms with E-state index in [-0.39, 0.29) is 18.6 Å². The molecule has 0 aromatic heterocycles. The molecule has 0 spiro atoms. The molecule has 0 bridgehead atoms. The van der Waals surface area contributed by atoms with Crippen LogP contribution in [0.4, 0.5) is 0 Å². The van der Waals surface area contributed by atoms with Gasteiger partial charge in [0.15, 0.2) is 0 Å². The number of carbonyl (C=O) groups is 1. The van der Waals surface area contributed by atoms with Crippen molar-refractivity contribution in [3.8, 4) is 0 Å². The lowest BCUT2D eigenvalue weighted by Gasteiger charge is -2.40. The number of morpholine rings is 1. The number of ether oxygens (including phenoxy) is 1. The summed E-state index contributed by atoms with van der Waals surface area (Å²) >= 11 is 0. The Labute approximate surface area is 125 Å². The van der Waals surface area contributed by atoms with Gasteiger partial charge in [-0.1, -0.05) is 24.3 Å². The standard InChI is InChI=1S/C16H22N2O3/c1-17-8-9-21-15(10-17)16(20)18-7-6-12-4-2-3-5-13(12)14(18)11-19/h2-5,14-15,19H,6-11H2,1H3/t14-,15+/m0/s1. The molecule has 1 amide bonds. The van der Waals surface area contributed by atoms with Crippen LogP contribution in [-0.2, 0) is 16.0 Å². The molecular weight excluding hydrogens is 268 g/mol. The minimum absolute atomic E-state index is 0.00453. The first-order valence-electron chi connectivity index (χ1n) is 7.50. The highest BCUT2D eigenvalue weighted by Gasteiger charge is 2.35. The molecule has 3 rings (SSSR count). The molecular formula is C16H22N2O3. The number of aliphatic hydroxyl groups excluding tert-OH is 1. The third kappa shape index (κ3) is 2.81. The number of fused-ring (bicyclic) bond motifs is 1. The average molecular weight is 290 g/mol. The van der Waals surface area contributed by atoms with Crippen LogP contribution in [0.1, 0.15) is 17.2 Å². The van der Waals surface area contributed by atoms with Crippen molar-refractivity contribution in [2.45, 2.75) is 18.6 Å². The third-order valence-electron chi connectivity index (χ3n) is 4.41. The van der Waals surface area contributed by atoms with Crippen molar-refractivity contribution in [3.63, 3.8) is 0 Å². The quantitative estimate of drug-likeness (QED) is 0.858. The minimum Gasteiger partial charge on any atom is -0.394 e. The normalized spacial score (nSPS) is 26.5. The van der Waals surface area contributed by atoms with Crippen molar-refractivity contribution in [1.29, 1.82) is 0 Å². The second kappa shape index (κ2) is 6.13. The summed E-state index contributed by atoms with van der Waals surface area (Å²) in [7, 11) is 2.00. The maximum absolute atomic E-state index is 12.7. The van der Waals surface area contributed by atoms with Crippen LogP contribution >= 0.6 is 0 Å². The van der Waals surface area contributed by atoms with Gasteiger partial charge in [0.25, 0.3) is 5.91 Å². The van der Waals surface area contributed by atoms with Crippen LogP contribution in [0.2, 0.25) is 0 Å². The summed E-state index contributed by atoms with van der Waals surface area (Å²) in [6, 6.07) is 7.79. The third-order valence-corrected chi connectivity index (χ3v) is 4.41. The van der Waals surface area contributed by atoms with Gasteiger partial charge in [-0.15, -0.1) is 0 Å². The van der Waals surface area contributed by atoms with Crippen LogP contribution in [-0.4, -0.2) is 66.8 Å². The fourth-order valence-electron chi connectivity index (χ4n) is 3.22. The summed E-state index contributed by atoms with van der Waals surface area (Å²) in [5, 5.41) is 9.76. The number of benzene rings is 1. The van der Waals surface area contributed by atoms with Crippen molar-refractivity contribution < 1.29 is 14.6 Å². The van der Waals surface area contributed by atoms with Crippen LogP contribution in [0.25, 0.3) is 0 Å². The highest BCUT2D eigenvalue weighted by molar-refractivity contribution is 5.82. The van der Waals surface area contributed by atoms with E-state index >= 15 is 0 Å². The fourth-order valence-corrected chi connectivity index (χ4v) is 3.22. The van der Waals surface area contributed by atoms with Crippen LogP contribution in [0.5, 0.6) is 0 Å². The lowest BCUT2D eigenvalue weighted by Crippen LogP contribution is -2.52. The minimum atomic E-state index is -0.414. The molecule has 5 heteroatoms. The average Bonchev–Trinajstić information content (AvgIpc) is 2.53. The number of aliphatic hydroxyl groups is 1. The molecule has 0 radical (unpaired) electrons. The highest BCUT2D eigenvalue weighted by Crippen LogP contribution is 2.30. The summed E-state index contributed by atoms with van der Waals surface area (Å²) in [6.07, 6.45) is 0.420. The van der Waals surface area contributed by atoms with Crippen LogP contribution < -0.4 is 0 Å². The number of amides is 1. The first kappa shape index (κ1) is 14.5. The van der Waals surface area contributed by atoms with Crippen LogP contribution in [0, 0.1) is 0 Å². The first-order valence-corrected chi connectivity index (χ1v) is 7.50. The number of carbonyl (C=O) groups excluding carboxylic acids is 1. The van der Waals surface area contributed by atoms with E-state index in [0.29, 0.717) is 19.7 Å². The lowest BCUT2D eigenvalue weighted by molar-refractivity contribution is -0.152. The first-order chi connectivity index (χ1) is 10.2. The van der Waals surface area contributed by atoms with Gasteiger partial charge in [0, 0.05) is 19.6 Å². The molecule has 2 atom stereocenters. The van der Waals surface area contributed by atoms with E-state index in [1.54, 1.807) is 4.90 Å². The van der Waals surface area contributed by atoms with E-state index in [0.717, 1.165) is 18.5 Å². The Bertz CT molecular complexity index is 520. The predicted octanol–water partition coefficient (Wildman–Crippen LogP) is 0.435. The van der Waals surface area contributed by atoms with Crippen molar-refractivity contribution in [2.75, 3.05) is 39.9 Å². The lowest BCUT2D eigenvalue weighted by atomic mass is 9.92. The molecule has 1 aromatic carbocycles. The molecule has 5 nitrogen and oxygen atoms in total. The number of hydrogen-bond donors (Lipinski definition) is 1. The summed E-state index contributed by atoms with van der Waals surface area (Å²) < 4.78 is 5.63. The largest absolute Gasteiger partial charge is 0.394 e. The van der Waals surface area contributed by atoms with E-state index in [9.17, 15) is 9.90 Å². The van der Waals surface area contributed by atoms with Gasteiger partial charge >= 0.3 is 0 Å². The Hall–Kier alpha value is -1.43. The summed E-state index contributed by atoms with van der Waals surface area (Å²) in [5.41, 5.74) is 2.28. The summed E-state index contributed by atoms with van der Waals surface area (Å²) in [5.74, 6) is -0.00453. The van der Waals surface area contributed by atoms with Gasteiger partial charge < -0.3 is 19.6 Å². The molecule has 0 aliphatic carbocycles. The molecule has 0 unspecified atom stereocenters. The van der Waals surface area contributed by atoms with Gasteiger partial charge in [-0.05, 0) is 24.6 Å². The number of nitrogens with zero attached hydrogens (tertiary/aromatic N) is 2. The molecule has 114 valence electrons. The second-order valence-corrected chi connectivity index (χ2v) is 5.80. The topological polar surface area (TPSA) is 53.0 Å². The monoisotopic (exact) mass is 290 g/mol. The van der Waals surface area contributed by atoms with E-state index in [2.05, 4.69) is 11.0 Å². The van der Waals surface area contributed by atoms with Gasteiger partial charge in [-0.3, -0.25) is 4.79 Å². The van der Waals surface area contributed by atoms with E-state index in [1.165, 1.54) is 5.56 Å². The Morgan fingerprint density at radius 1 is 1.38 bits per heavy atom. The Balaban J connectivity index is 1.80. The Morgan fingerprint density at radius 2 is 2.19 bits per heavy atom. The van der Waals surface area contributed by atoms with Crippen molar-refractivity contribution in [2.24, 2.45) is 0 Å². The van der Waals surface area contributed by atoms with Crippen molar-refractivity contribution in [3.05, 3.63) is 35.4 Å². The molecule has 1 N–H and O–H groups in total. The number of hydrogen-bond acceptors (Lipinski definition) is 4. The fraction of sp³-hybridized carbons (Fsp3) is 0.562. The Kier molecular flexibility index (Phi) is 4.24. The zero-order valence-corrected chi connectivity index (χ0v) is 12.4. The molecule has 1 saturated heterocycles. The molecule has 21 heavy (non-hydrogen) atoms. The van der Waals surface area contributed by atoms with Crippen LogP contribution in [0.3, 0.4) is 0 Å². The number of likely N-dealkylation sites (N-methyl/N-ethyl adjacent to an activating group) is 1. The van der Waals surface area contributed by atoms with Crippen LogP contribution in [0.15, 0.2) is 24.3 Å². The molecule has 1 aromatic rings. The SMILES string of the molecule is CN1CCO[C@@H](C(=O)N2CCc3ccccc3[C@@H]2CO)C1. The van der Waals surface area contributed by atoms with Crippen molar-refractivity contribution >= 4 is 5.91 Å². The zero-order valence-electron chi connectivity index (χ0n) is 12.4. The molecule has 2 aliphatic heterocycles. The molecule has 2 heterocycles. The molecule has 0 saturated carbocycles. The van der Waals surface area contributed by atoms with Gasteiger partial charge in [0.05, 0.1) is 19.3 Å². The predicted molar refractivity (Wildman–Crippen MR) is 78.9 cm³/mol. The van der Waals surface area contributed by atoms with Gasteiger partial charge in [-0.2, -0.15) is 0 Å². The van der Waals surface area contributed by atoms with Crippen molar-refractivity contribution in [1.82, 2.24) is 9.80 Å². The second-order valence-electron chi connectivity index (χ2n) is 5.80. The smallest absolute Gasteiger partial charge is 0.253 e. The number of rotatable bonds is 2.